The summed E-state index contributed by atoms with van der Waals surface area (Å²) in [5, 5.41) is 13.6. The molecule has 1 N–H and O–H groups in total. The van der Waals surface area contributed by atoms with Crippen LogP contribution >= 0.6 is 0 Å². The van der Waals surface area contributed by atoms with Crippen LogP contribution in [0, 0.1) is 10.1 Å². The first-order valence-corrected chi connectivity index (χ1v) is 8.68. The molecule has 0 aliphatic heterocycles. The number of carbonyl (C=O) groups excluding carboxylic acids is 1. The van der Waals surface area contributed by atoms with Crippen LogP contribution in [0.15, 0.2) is 48.5 Å². The molecule has 3 rings (SSSR count). The van der Waals surface area contributed by atoms with Gasteiger partial charge in [0.1, 0.15) is 0 Å². The average Bonchev–Trinajstić information content (AvgIpc) is 3.49. The number of nitro benzene ring substituents is 1. The minimum atomic E-state index is -4.40. The number of hydrogen-bond donors (Lipinski definition) is 1. The molecule has 2 amide bonds. The third kappa shape index (κ3) is 4.99. The molecule has 1 fully saturated rings. The van der Waals surface area contributed by atoms with Gasteiger partial charge in [-0.1, -0.05) is 24.3 Å². The largest absolute Gasteiger partial charge is 0.416 e. The molecule has 9 heteroatoms. The van der Waals surface area contributed by atoms with Gasteiger partial charge in [0.15, 0.2) is 0 Å². The first-order valence-electron chi connectivity index (χ1n) is 8.68. The summed E-state index contributed by atoms with van der Waals surface area (Å²) >= 11 is 0. The quantitative estimate of drug-likeness (QED) is 0.580. The third-order valence-corrected chi connectivity index (χ3v) is 4.45. The molecule has 0 unspecified atom stereocenters. The minimum Gasteiger partial charge on any atom is -0.334 e. The maximum Gasteiger partial charge on any atom is 0.416 e. The van der Waals surface area contributed by atoms with Gasteiger partial charge in [0.05, 0.1) is 10.5 Å². The van der Waals surface area contributed by atoms with Gasteiger partial charge in [-0.15, -0.1) is 0 Å². The Kier molecular flexibility index (Phi) is 5.53. The van der Waals surface area contributed by atoms with Gasteiger partial charge in [0.2, 0.25) is 0 Å². The monoisotopic (exact) mass is 393 g/mol. The van der Waals surface area contributed by atoms with Crippen molar-refractivity contribution in [2.45, 2.75) is 38.1 Å². The molecule has 2 aromatic rings. The van der Waals surface area contributed by atoms with Gasteiger partial charge >= 0.3 is 12.2 Å². The van der Waals surface area contributed by atoms with Gasteiger partial charge in [-0.2, -0.15) is 13.2 Å². The van der Waals surface area contributed by atoms with E-state index in [1.807, 2.05) is 0 Å². The highest BCUT2D eigenvalue weighted by molar-refractivity contribution is 5.75. The van der Waals surface area contributed by atoms with Crippen LogP contribution in [0.4, 0.5) is 23.7 Å². The molecule has 6 nitrogen and oxygen atoms in total. The molecule has 0 heterocycles. The topological polar surface area (TPSA) is 75.5 Å². The Hall–Kier alpha value is -3.10. The molecule has 148 valence electrons. The van der Waals surface area contributed by atoms with E-state index in [-0.39, 0.29) is 30.8 Å². The fourth-order valence-corrected chi connectivity index (χ4v) is 2.81. The smallest absolute Gasteiger partial charge is 0.334 e. The SMILES string of the molecule is O=C(NCc1cccc([N+](=O)[O-])c1)N(Cc1ccc(C(F)(F)F)cc1)C1CC1. The van der Waals surface area contributed by atoms with Crippen LogP contribution in [-0.2, 0) is 19.3 Å². The van der Waals surface area contributed by atoms with E-state index >= 15 is 0 Å². The Labute approximate surface area is 159 Å². The van der Waals surface area contributed by atoms with E-state index in [9.17, 15) is 28.1 Å². The number of nitrogens with one attached hydrogen (secondary N) is 1. The highest BCUT2D eigenvalue weighted by Crippen LogP contribution is 2.31. The molecular weight excluding hydrogens is 375 g/mol. The Morgan fingerprint density at radius 3 is 2.39 bits per heavy atom. The van der Waals surface area contributed by atoms with Crippen molar-refractivity contribution < 1.29 is 22.9 Å². The number of non-ortho nitro benzene ring substituents is 1. The summed E-state index contributed by atoms with van der Waals surface area (Å²) in [4.78, 5) is 24.4. The number of urea groups is 1. The fourth-order valence-electron chi connectivity index (χ4n) is 2.81. The van der Waals surface area contributed by atoms with E-state index in [1.165, 1.54) is 24.3 Å². The number of rotatable bonds is 6. The number of alkyl halides is 3. The second kappa shape index (κ2) is 7.87. The molecule has 0 aromatic heterocycles. The summed E-state index contributed by atoms with van der Waals surface area (Å²) in [5.41, 5.74) is 0.401. The predicted molar refractivity (Wildman–Crippen MR) is 95.3 cm³/mol. The second-order valence-corrected chi connectivity index (χ2v) is 6.64. The first kappa shape index (κ1) is 19.7. The molecule has 0 radical (unpaired) electrons. The van der Waals surface area contributed by atoms with Crippen LogP contribution in [0.5, 0.6) is 0 Å². The predicted octanol–water partition coefficient (Wildman–Crippen LogP) is 4.49. The van der Waals surface area contributed by atoms with Crippen molar-refractivity contribution in [2.24, 2.45) is 0 Å². The molecule has 0 atom stereocenters. The number of carbonyl (C=O) groups is 1. The van der Waals surface area contributed by atoms with Crippen LogP contribution in [0.25, 0.3) is 0 Å². The average molecular weight is 393 g/mol. The lowest BCUT2D eigenvalue weighted by molar-refractivity contribution is -0.384. The van der Waals surface area contributed by atoms with E-state index < -0.39 is 16.7 Å². The summed E-state index contributed by atoms with van der Waals surface area (Å²) in [6, 6.07) is 10.4. The highest BCUT2D eigenvalue weighted by Gasteiger charge is 2.33. The molecule has 0 spiro atoms. The van der Waals surface area contributed by atoms with Gasteiger partial charge in [0, 0.05) is 31.3 Å². The molecule has 1 aliphatic carbocycles. The normalized spacial score (nSPS) is 13.8. The third-order valence-electron chi connectivity index (χ3n) is 4.45. The maximum absolute atomic E-state index is 12.7. The minimum absolute atomic E-state index is 0.0485. The van der Waals surface area contributed by atoms with Gasteiger partial charge in [-0.3, -0.25) is 10.1 Å². The zero-order chi connectivity index (χ0) is 20.3. The first-order chi connectivity index (χ1) is 13.2. The standard InChI is InChI=1S/C19H18F3N3O3/c20-19(21,22)15-6-4-13(5-7-15)12-24(16-8-9-16)18(26)23-11-14-2-1-3-17(10-14)25(27)28/h1-7,10,16H,8-9,11-12H2,(H,23,26). The Morgan fingerprint density at radius 2 is 1.82 bits per heavy atom. The molecule has 2 aromatic carbocycles. The van der Waals surface area contributed by atoms with Crippen LogP contribution in [0.2, 0.25) is 0 Å². The van der Waals surface area contributed by atoms with Crippen molar-refractivity contribution in [3.63, 3.8) is 0 Å². The number of amides is 2. The van der Waals surface area contributed by atoms with E-state index in [0.29, 0.717) is 11.1 Å². The maximum atomic E-state index is 12.7. The summed E-state index contributed by atoms with van der Waals surface area (Å²) in [6.07, 6.45) is -2.72. The Balaban J connectivity index is 1.63. The van der Waals surface area contributed by atoms with Crippen LogP contribution in [-0.4, -0.2) is 21.9 Å². The van der Waals surface area contributed by atoms with E-state index in [0.717, 1.165) is 25.0 Å². The van der Waals surface area contributed by atoms with Gasteiger partial charge in [-0.25, -0.2) is 4.79 Å². The number of nitro groups is 1. The fraction of sp³-hybridized carbons (Fsp3) is 0.316. The molecule has 28 heavy (non-hydrogen) atoms. The zero-order valence-electron chi connectivity index (χ0n) is 14.8. The molecular formula is C19H18F3N3O3. The lowest BCUT2D eigenvalue weighted by Gasteiger charge is -2.23. The molecule has 1 aliphatic rings. The number of halogens is 3. The number of hydrogen-bond acceptors (Lipinski definition) is 3. The van der Waals surface area contributed by atoms with E-state index in [4.69, 9.17) is 0 Å². The number of benzene rings is 2. The van der Waals surface area contributed by atoms with Gasteiger partial charge in [-0.05, 0) is 36.1 Å². The van der Waals surface area contributed by atoms with Crippen molar-refractivity contribution in [3.8, 4) is 0 Å². The van der Waals surface area contributed by atoms with Crippen molar-refractivity contribution >= 4 is 11.7 Å². The van der Waals surface area contributed by atoms with Crippen molar-refractivity contribution in [3.05, 3.63) is 75.3 Å². The molecule has 0 bridgehead atoms. The summed E-state index contributed by atoms with van der Waals surface area (Å²) < 4.78 is 38.0. The van der Waals surface area contributed by atoms with Crippen LogP contribution in [0.3, 0.4) is 0 Å². The summed E-state index contributed by atoms with van der Waals surface area (Å²) in [5.74, 6) is 0. The molecule has 0 saturated heterocycles. The number of nitrogens with zero attached hydrogens (tertiary/aromatic N) is 2. The summed E-state index contributed by atoms with van der Waals surface area (Å²) in [6.45, 7) is 0.320. The van der Waals surface area contributed by atoms with E-state index in [1.54, 1.807) is 17.0 Å². The van der Waals surface area contributed by atoms with Crippen molar-refractivity contribution in [2.75, 3.05) is 0 Å². The summed E-state index contributed by atoms with van der Waals surface area (Å²) in [7, 11) is 0. The van der Waals surface area contributed by atoms with E-state index in [2.05, 4.69) is 5.32 Å². The zero-order valence-corrected chi connectivity index (χ0v) is 14.8. The van der Waals surface area contributed by atoms with Gasteiger partial charge in [0.25, 0.3) is 5.69 Å². The van der Waals surface area contributed by atoms with Crippen LogP contribution in [0.1, 0.15) is 29.5 Å². The highest BCUT2D eigenvalue weighted by atomic mass is 19.4. The van der Waals surface area contributed by atoms with Crippen LogP contribution < -0.4 is 5.32 Å². The Bertz CT molecular complexity index is 865. The Morgan fingerprint density at radius 1 is 1.14 bits per heavy atom. The lowest BCUT2D eigenvalue weighted by atomic mass is 10.1. The van der Waals surface area contributed by atoms with Gasteiger partial charge < -0.3 is 10.2 Å². The van der Waals surface area contributed by atoms with Crippen molar-refractivity contribution in [1.82, 2.24) is 10.2 Å². The van der Waals surface area contributed by atoms with Crippen molar-refractivity contribution in [1.29, 1.82) is 0 Å². The second-order valence-electron chi connectivity index (χ2n) is 6.64. The lowest BCUT2D eigenvalue weighted by Crippen LogP contribution is -2.40. The molecule has 1 saturated carbocycles.